The van der Waals surface area contributed by atoms with E-state index in [1.54, 1.807) is 11.8 Å². The van der Waals surface area contributed by atoms with E-state index in [2.05, 4.69) is 20.4 Å². The minimum Gasteiger partial charge on any atom is -0.497 e. The Morgan fingerprint density at radius 3 is 2.65 bits per heavy atom. The molecule has 2 aliphatic heterocycles. The number of hydrogen-bond donors (Lipinski definition) is 1. The zero-order valence-electron chi connectivity index (χ0n) is 17.5. The first-order chi connectivity index (χ1) is 15.2. The first kappa shape index (κ1) is 19.5. The Labute approximate surface area is 180 Å². The van der Waals surface area contributed by atoms with Crippen molar-refractivity contribution in [1.29, 1.82) is 0 Å². The molecule has 1 aromatic carbocycles. The molecule has 1 saturated heterocycles. The van der Waals surface area contributed by atoms with E-state index in [4.69, 9.17) is 9.72 Å². The highest BCUT2D eigenvalue weighted by Gasteiger charge is 2.29. The number of hydrogen-bond acceptors (Lipinski definition) is 7. The highest BCUT2D eigenvalue weighted by atomic mass is 16.5. The lowest BCUT2D eigenvalue weighted by Gasteiger charge is -2.30. The van der Waals surface area contributed by atoms with E-state index in [0.717, 1.165) is 55.2 Å². The number of methoxy groups -OCH3 is 1. The lowest BCUT2D eigenvalue weighted by molar-refractivity contribution is 0.0698. The predicted molar refractivity (Wildman–Crippen MR) is 115 cm³/mol. The van der Waals surface area contributed by atoms with Gasteiger partial charge < -0.3 is 15.0 Å². The van der Waals surface area contributed by atoms with Gasteiger partial charge in [0, 0.05) is 43.9 Å². The molecule has 0 radical (unpaired) electrons. The number of piperidine rings is 1. The molecule has 0 atom stereocenters. The maximum Gasteiger partial charge on any atom is 0.293 e. The summed E-state index contributed by atoms with van der Waals surface area (Å²) in [7, 11) is 1.66. The average Bonchev–Trinajstić information content (AvgIpc) is 3.28. The Kier molecular flexibility index (Phi) is 5.23. The number of nitrogens with one attached hydrogen (secondary N) is 1. The number of likely N-dealkylation sites (tertiary alicyclic amines) is 1. The molecule has 31 heavy (non-hydrogen) atoms. The van der Waals surface area contributed by atoms with Crippen molar-refractivity contribution in [1.82, 2.24) is 29.6 Å². The van der Waals surface area contributed by atoms with Gasteiger partial charge in [-0.05, 0) is 49.6 Å². The molecule has 3 aromatic rings. The molecule has 2 aromatic heterocycles. The molecule has 0 spiro atoms. The fraction of sp³-hybridized carbons (Fsp3) is 0.409. The van der Waals surface area contributed by atoms with Crippen LogP contribution in [0, 0.1) is 0 Å². The van der Waals surface area contributed by atoms with E-state index in [1.807, 2.05) is 41.4 Å². The third-order valence-corrected chi connectivity index (χ3v) is 5.90. The summed E-state index contributed by atoms with van der Waals surface area (Å²) in [5.74, 6) is 2.75. The topological polar surface area (TPSA) is 98.1 Å². The minimum atomic E-state index is -0.102. The van der Waals surface area contributed by atoms with Crippen LogP contribution in [0.4, 0.5) is 5.95 Å². The molecular formula is C22H25N7O2. The molecule has 0 saturated carbocycles. The molecule has 0 aliphatic carbocycles. The molecule has 1 N–H and O–H groups in total. The standard InChI is InChI=1S/C22H25N7O2/c1-31-17-5-3-15(4-6-17)18-7-11-23-19(25-18)16-8-13-28(14-9-16)21(30)20-26-22-24-10-2-12-29(22)27-20/h3-7,11,16H,2,8-10,12-14H2,1H3,(H,24,26,27). The Bertz CT molecular complexity index is 1050. The van der Waals surface area contributed by atoms with Crippen molar-refractivity contribution in [2.75, 3.05) is 32.1 Å². The van der Waals surface area contributed by atoms with Crippen LogP contribution in [-0.2, 0) is 6.54 Å². The van der Waals surface area contributed by atoms with Crippen molar-refractivity contribution in [3.8, 4) is 17.0 Å². The molecule has 9 nitrogen and oxygen atoms in total. The number of carbonyl (C=O) groups excluding carboxylic acids is 1. The molecular weight excluding hydrogens is 394 g/mol. The first-order valence-electron chi connectivity index (χ1n) is 10.7. The fourth-order valence-corrected chi connectivity index (χ4v) is 4.12. The SMILES string of the molecule is COc1ccc(-c2ccnc(C3CCN(C(=O)c4nc5n(n4)CCCN5)CC3)n2)cc1. The molecule has 1 amide bonds. The summed E-state index contributed by atoms with van der Waals surface area (Å²) in [5, 5.41) is 7.57. The van der Waals surface area contributed by atoms with E-state index in [-0.39, 0.29) is 17.6 Å². The molecule has 160 valence electrons. The normalized spacial score (nSPS) is 16.5. The van der Waals surface area contributed by atoms with E-state index in [9.17, 15) is 4.79 Å². The quantitative estimate of drug-likeness (QED) is 0.694. The number of nitrogens with zero attached hydrogens (tertiary/aromatic N) is 6. The summed E-state index contributed by atoms with van der Waals surface area (Å²) in [5.41, 5.74) is 1.92. The fourth-order valence-electron chi connectivity index (χ4n) is 4.12. The smallest absolute Gasteiger partial charge is 0.293 e. The van der Waals surface area contributed by atoms with Crippen LogP contribution in [0.25, 0.3) is 11.3 Å². The maximum absolute atomic E-state index is 12.9. The number of fused-ring (bicyclic) bond motifs is 1. The van der Waals surface area contributed by atoms with Crippen molar-refractivity contribution >= 4 is 11.9 Å². The minimum absolute atomic E-state index is 0.102. The molecule has 5 rings (SSSR count). The van der Waals surface area contributed by atoms with Crippen molar-refractivity contribution < 1.29 is 9.53 Å². The number of amides is 1. The van der Waals surface area contributed by atoms with Gasteiger partial charge in [-0.25, -0.2) is 14.6 Å². The van der Waals surface area contributed by atoms with Crippen LogP contribution < -0.4 is 10.1 Å². The van der Waals surface area contributed by atoms with Gasteiger partial charge in [0.25, 0.3) is 5.91 Å². The van der Waals surface area contributed by atoms with Gasteiger partial charge in [0.1, 0.15) is 11.6 Å². The zero-order chi connectivity index (χ0) is 21.2. The molecule has 4 heterocycles. The molecule has 1 fully saturated rings. The second-order valence-corrected chi connectivity index (χ2v) is 7.86. The largest absolute Gasteiger partial charge is 0.497 e. The van der Waals surface area contributed by atoms with E-state index < -0.39 is 0 Å². The molecule has 9 heteroatoms. The van der Waals surface area contributed by atoms with Gasteiger partial charge >= 0.3 is 0 Å². The van der Waals surface area contributed by atoms with Gasteiger partial charge in [-0.1, -0.05) is 0 Å². The zero-order valence-corrected chi connectivity index (χ0v) is 17.5. The van der Waals surface area contributed by atoms with Crippen LogP contribution in [0.2, 0.25) is 0 Å². The van der Waals surface area contributed by atoms with Crippen LogP contribution >= 0.6 is 0 Å². The van der Waals surface area contributed by atoms with Crippen LogP contribution in [0.3, 0.4) is 0 Å². The van der Waals surface area contributed by atoms with Crippen LogP contribution in [0.1, 0.15) is 41.6 Å². The van der Waals surface area contributed by atoms with Crippen LogP contribution in [0.5, 0.6) is 5.75 Å². The van der Waals surface area contributed by atoms with Gasteiger partial charge in [0.15, 0.2) is 0 Å². The van der Waals surface area contributed by atoms with Gasteiger partial charge in [0.05, 0.1) is 12.8 Å². The highest BCUT2D eigenvalue weighted by Crippen LogP contribution is 2.28. The third kappa shape index (κ3) is 3.95. The van der Waals surface area contributed by atoms with Crippen molar-refractivity contribution in [2.45, 2.75) is 31.7 Å². The van der Waals surface area contributed by atoms with Gasteiger partial charge in [0.2, 0.25) is 11.8 Å². The number of anilines is 1. The second-order valence-electron chi connectivity index (χ2n) is 7.86. The summed E-state index contributed by atoms with van der Waals surface area (Å²) >= 11 is 0. The number of aromatic nitrogens is 5. The van der Waals surface area contributed by atoms with Crippen LogP contribution in [-0.4, -0.2) is 62.3 Å². The summed E-state index contributed by atoms with van der Waals surface area (Å²) < 4.78 is 7.01. The molecule has 2 aliphatic rings. The van der Waals surface area contributed by atoms with Crippen molar-refractivity contribution in [2.24, 2.45) is 0 Å². The Morgan fingerprint density at radius 1 is 1.10 bits per heavy atom. The van der Waals surface area contributed by atoms with Gasteiger partial charge in [-0.3, -0.25) is 4.79 Å². The third-order valence-electron chi connectivity index (χ3n) is 5.90. The van der Waals surface area contributed by atoms with E-state index in [0.29, 0.717) is 19.0 Å². The summed E-state index contributed by atoms with van der Waals surface area (Å²) in [6.45, 7) is 2.97. The van der Waals surface area contributed by atoms with E-state index >= 15 is 0 Å². The first-order valence-corrected chi connectivity index (χ1v) is 10.7. The highest BCUT2D eigenvalue weighted by molar-refractivity contribution is 5.90. The van der Waals surface area contributed by atoms with Crippen molar-refractivity contribution in [3.05, 3.63) is 48.2 Å². The summed E-state index contributed by atoms with van der Waals surface area (Å²) in [4.78, 5) is 28.4. The van der Waals surface area contributed by atoms with Gasteiger partial charge in [-0.15, -0.1) is 5.10 Å². The van der Waals surface area contributed by atoms with E-state index in [1.165, 1.54) is 0 Å². The molecule has 0 bridgehead atoms. The predicted octanol–water partition coefficient (Wildman–Crippen LogP) is 2.58. The second kappa shape index (κ2) is 8.33. The number of rotatable bonds is 4. The Morgan fingerprint density at radius 2 is 1.90 bits per heavy atom. The molecule has 0 unspecified atom stereocenters. The summed E-state index contributed by atoms with van der Waals surface area (Å²) in [6.07, 6.45) is 4.45. The Balaban J connectivity index is 1.25. The van der Waals surface area contributed by atoms with Crippen LogP contribution in [0.15, 0.2) is 36.5 Å². The Hall–Kier alpha value is -3.49. The maximum atomic E-state index is 12.9. The number of benzene rings is 1. The lowest BCUT2D eigenvalue weighted by atomic mass is 9.95. The number of carbonyl (C=O) groups is 1. The summed E-state index contributed by atoms with van der Waals surface area (Å²) in [6, 6.07) is 9.78. The lowest BCUT2D eigenvalue weighted by Crippen LogP contribution is -2.38. The van der Waals surface area contributed by atoms with Gasteiger partial charge in [-0.2, -0.15) is 4.98 Å². The van der Waals surface area contributed by atoms with Crippen molar-refractivity contribution in [3.63, 3.8) is 0 Å². The number of ether oxygens (including phenoxy) is 1. The number of aryl methyl sites for hydroxylation is 1. The monoisotopic (exact) mass is 419 g/mol. The average molecular weight is 419 g/mol.